The van der Waals surface area contributed by atoms with Gasteiger partial charge in [0.25, 0.3) is 5.56 Å². The van der Waals surface area contributed by atoms with Crippen molar-refractivity contribution in [2.24, 2.45) is 11.8 Å². The second-order valence-electron chi connectivity index (χ2n) is 9.09. The van der Waals surface area contributed by atoms with E-state index in [-0.39, 0.29) is 5.56 Å². The van der Waals surface area contributed by atoms with Crippen molar-refractivity contribution in [2.75, 3.05) is 6.54 Å². The van der Waals surface area contributed by atoms with Gasteiger partial charge in [-0.15, -0.1) is 0 Å². The fourth-order valence-corrected chi connectivity index (χ4v) is 6.08. The molecule has 0 atom stereocenters. The summed E-state index contributed by atoms with van der Waals surface area (Å²) in [5.74, 6) is 0.737. The Morgan fingerprint density at radius 3 is 2.41 bits per heavy atom. The summed E-state index contributed by atoms with van der Waals surface area (Å²) in [7, 11) is -3.48. The van der Waals surface area contributed by atoms with Crippen LogP contribution in [-0.4, -0.2) is 28.9 Å². The molecule has 3 aromatic heterocycles. The van der Waals surface area contributed by atoms with Gasteiger partial charge in [0.05, 0.1) is 10.6 Å². The van der Waals surface area contributed by atoms with Crippen molar-refractivity contribution in [3.63, 3.8) is 0 Å². The Morgan fingerprint density at radius 2 is 1.69 bits per heavy atom. The fraction of sp³-hybridized carbons (Fsp3) is 0.417. The highest BCUT2D eigenvalue weighted by Gasteiger charge is 2.26. The van der Waals surface area contributed by atoms with E-state index in [0.29, 0.717) is 35.3 Å². The van der Waals surface area contributed by atoms with Crippen LogP contribution >= 0.6 is 0 Å². The van der Waals surface area contributed by atoms with E-state index in [4.69, 9.17) is 0 Å². The van der Waals surface area contributed by atoms with Gasteiger partial charge in [0.2, 0.25) is 10.0 Å². The lowest BCUT2D eigenvalue weighted by molar-refractivity contribution is 0.253. The van der Waals surface area contributed by atoms with Gasteiger partial charge in [0.15, 0.2) is 0 Å². The average Bonchev–Trinajstić information content (AvgIpc) is 3.26. The minimum Gasteiger partial charge on any atom is -0.292 e. The predicted molar refractivity (Wildman–Crippen MR) is 125 cm³/mol. The van der Waals surface area contributed by atoms with Crippen LogP contribution in [0.1, 0.15) is 36.9 Å². The minimum atomic E-state index is -3.48. The summed E-state index contributed by atoms with van der Waals surface area (Å²) in [6, 6.07) is 12.8. The van der Waals surface area contributed by atoms with E-state index < -0.39 is 10.0 Å². The monoisotopic (exact) mass is 452 g/mol. The molecular weight excluding hydrogens is 424 g/mol. The smallest absolute Gasteiger partial charge is 0.278 e. The number of rotatable bonds is 6. The van der Waals surface area contributed by atoms with Gasteiger partial charge in [-0.2, -0.15) is 0 Å². The molecule has 3 heterocycles. The second kappa shape index (κ2) is 8.01. The van der Waals surface area contributed by atoms with Crippen LogP contribution in [0, 0.1) is 25.7 Å². The molecule has 1 aromatic carbocycles. The van der Waals surface area contributed by atoms with E-state index in [9.17, 15) is 13.2 Å². The van der Waals surface area contributed by atoms with Crippen LogP contribution in [0.5, 0.6) is 0 Å². The Hall–Kier alpha value is -2.71. The van der Waals surface area contributed by atoms with Crippen LogP contribution in [0.2, 0.25) is 0 Å². The predicted octanol–water partition coefficient (Wildman–Crippen LogP) is 3.49. The highest BCUT2D eigenvalue weighted by atomic mass is 32.2. The van der Waals surface area contributed by atoms with E-state index >= 15 is 0 Å². The first-order valence-electron chi connectivity index (χ1n) is 11.2. The summed E-state index contributed by atoms with van der Waals surface area (Å²) < 4.78 is 31.7. The summed E-state index contributed by atoms with van der Waals surface area (Å²) in [5, 5.41) is 0. The Morgan fingerprint density at radius 1 is 1.00 bits per heavy atom. The van der Waals surface area contributed by atoms with Crippen molar-refractivity contribution in [1.29, 1.82) is 0 Å². The molecule has 0 bridgehead atoms. The lowest BCUT2D eigenvalue weighted by atomic mass is 9.82. The Kier molecular flexibility index (Phi) is 5.29. The van der Waals surface area contributed by atoms with Gasteiger partial charge < -0.3 is 0 Å². The maximum absolute atomic E-state index is 13.1. The number of nitrogens with zero attached hydrogens (tertiary/aromatic N) is 3. The van der Waals surface area contributed by atoms with Crippen LogP contribution in [-0.2, 0) is 16.6 Å². The Bertz CT molecular complexity index is 1410. The number of aromatic nitrogens is 3. The molecule has 0 spiro atoms. The number of hydrogen-bond acceptors (Lipinski definition) is 4. The molecule has 0 radical (unpaired) electrons. The third-order valence-corrected chi connectivity index (χ3v) is 8.26. The largest absolute Gasteiger partial charge is 0.292 e. The van der Waals surface area contributed by atoms with Gasteiger partial charge in [0, 0.05) is 13.1 Å². The van der Waals surface area contributed by atoms with Gasteiger partial charge >= 0.3 is 0 Å². The number of nitrogens with one attached hydrogen (secondary N) is 1. The normalized spacial score (nSPS) is 19.8. The molecule has 0 aliphatic heterocycles. The molecule has 1 N–H and O–H groups in total. The van der Waals surface area contributed by atoms with Crippen molar-refractivity contribution in [3.8, 4) is 0 Å². The summed E-state index contributed by atoms with van der Waals surface area (Å²) in [5.41, 5.74) is 4.23. The average molecular weight is 453 g/mol. The zero-order chi connectivity index (χ0) is 22.5. The molecule has 32 heavy (non-hydrogen) atoms. The lowest BCUT2D eigenvalue weighted by Crippen LogP contribution is -2.32. The van der Waals surface area contributed by atoms with Gasteiger partial charge in [-0.3, -0.25) is 13.8 Å². The molecule has 1 aliphatic carbocycles. The number of sulfonamides is 1. The lowest BCUT2D eigenvalue weighted by Gasteiger charge is -2.28. The van der Waals surface area contributed by atoms with Crippen molar-refractivity contribution >= 4 is 26.8 Å². The molecule has 4 aromatic rings. The Labute approximate surface area is 187 Å². The molecule has 0 unspecified atom stereocenters. The first-order valence-corrected chi connectivity index (χ1v) is 12.7. The highest BCUT2D eigenvalue weighted by Crippen LogP contribution is 2.30. The van der Waals surface area contributed by atoms with Crippen LogP contribution < -0.4 is 10.3 Å². The summed E-state index contributed by atoms with van der Waals surface area (Å²) in [6.45, 7) is 4.98. The van der Waals surface area contributed by atoms with Gasteiger partial charge in [0.1, 0.15) is 16.8 Å². The minimum absolute atomic E-state index is 0.0316. The zero-order valence-corrected chi connectivity index (χ0v) is 19.2. The molecule has 0 saturated heterocycles. The van der Waals surface area contributed by atoms with E-state index in [1.54, 1.807) is 12.1 Å². The summed E-state index contributed by atoms with van der Waals surface area (Å²) in [4.78, 5) is 17.9. The topological polar surface area (TPSA) is 85.5 Å². The van der Waals surface area contributed by atoms with Crippen molar-refractivity contribution in [1.82, 2.24) is 18.7 Å². The van der Waals surface area contributed by atoms with Crippen LogP contribution in [0.25, 0.3) is 16.8 Å². The quantitative estimate of drug-likeness (QED) is 0.485. The van der Waals surface area contributed by atoms with Crippen LogP contribution in [0.15, 0.2) is 52.2 Å². The van der Waals surface area contributed by atoms with Crippen molar-refractivity contribution in [2.45, 2.75) is 51.0 Å². The molecule has 5 rings (SSSR count). The fourth-order valence-electron chi connectivity index (χ4n) is 4.96. The van der Waals surface area contributed by atoms with Gasteiger partial charge in [-0.05, 0) is 75.6 Å². The molecule has 0 amide bonds. The molecular formula is C24H28N4O3S. The first-order chi connectivity index (χ1) is 15.3. The maximum Gasteiger partial charge on any atom is 0.278 e. The number of aryl methyl sites for hydroxylation is 2. The van der Waals surface area contributed by atoms with E-state index in [1.165, 1.54) is 0 Å². The SMILES string of the molecule is Cc1ccc(S(=O)(=O)NC[C@H]2CC[C@H](Cn3c(=O)c4c(C)nc5cccc3n54)CC2)cc1. The second-order valence-corrected chi connectivity index (χ2v) is 10.9. The van der Waals surface area contributed by atoms with Crippen LogP contribution in [0.3, 0.4) is 0 Å². The van der Waals surface area contributed by atoms with Gasteiger partial charge in [-0.25, -0.2) is 18.1 Å². The number of benzene rings is 1. The highest BCUT2D eigenvalue weighted by molar-refractivity contribution is 7.89. The van der Waals surface area contributed by atoms with E-state index in [0.717, 1.165) is 48.2 Å². The van der Waals surface area contributed by atoms with E-state index in [1.807, 2.05) is 53.1 Å². The maximum atomic E-state index is 13.1. The third kappa shape index (κ3) is 3.71. The van der Waals surface area contributed by atoms with Crippen molar-refractivity contribution in [3.05, 3.63) is 64.1 Å². The van der Waals surface area contributed by atoms with Gasteiger partial charge in [-0.1, -0.05) is 23.8 Å². The number of imidazole rings is 2. The zero-order valence-electron chi connectivity index (χ0n) is 18.4. The Balaban J connectivity index is 1.22. The molecule has 1 fully saturated rings. The number of hydrogen-bond donors (Lipinski definition) is 1. The van der Waals surface area contributed by atoms with Crippen LogP contribution in [0.4, 0.5) is 0 Å². The third-order valence-electron chi connectivity index (χ3n) is 6.82. The first kappa shape index (κ1) is 21.2. The summed E-state index contributed by atoms with van der Waals surface area (Å²) in [6.07, 6.45) is 3.89. The molecule has 168 valence electrons. The standard InChI is InChI=1S/C24H28N4O3S/c1-16-6-12-20(13-7-16)32(30,31)25-14-18-8-10-19(11-9-18)15-27-22-5-3-4-21-26-17(2)23(24(27)29)28(21)22/h3-7,12-13,18-19,25H,8-11,14-15H2,1-2H3/t18-,19-. The van der Waals surface area contributed by atoms with Crippen molar-refractivity contribution < 1.29 is 8.42 Å². The number of pyridine rings is 1. The molecule has 7 nitrogen and oxygen atoms in total. The molecule has 1 saturated carbocycles. The van der Waals surface area contributed by atoms with E-state index in [2.05, 4.69) is 9.71 Å². The molecule has 8 heteroatoms. The molecule has 1 aliphatic rings. The summed E-state index contributed by atoms with van der Waals surface area (Å²) >= 11 is 0.